The van der Waals surface area contributed by atoms with E-state index in [0.717, 1.165) is 18.2 Å². The van der Waals surface area contributed by atoms with Crippen molar-refractivity contribution in [2.24, 2.45) is 0 Å². The highest BCUT2D eigenvalue weighted by Gasteiger charge is 2.13. The Labute approximate surface area is 111 Å². The van der Waals surface area contributed by atoms with E-state index in [-0.39, 0.29) is 11.9 Å². The van der Waals surface area contributed by atoms with Gasteiger partial charge in [-0.25, -0.2) is 9.97 Å². The Morgan fingerprint density at radius 3 is 2.84 bits per heavy atom. The van der Waals surface area contributed by atoms with E-state index in [1.165, 1.54) is 0 Å². The molecule has 1 unspecified atom stereocenters. The van der Waals surface area contributed by atoms with Crippen LogP contribution in [-0.2, 0) is 0 Å². The van der Waals surface area contributed by atoms with Crippen LogP contribution >= 0.6 is 0 Å². The molecule has 2 heterocycles. The fraction of sp³-hybridized carbons (Fsp3) is 0.308. The van der Waals surface area contributed by atoms with Gasteiger partial charge in [-0.3, -0.25) is 4.79 Å². The van der Waals surface area contributed by atoms with Gasteiger partial charge >= 0.3 is 0 Å². The lowest BCUT2D eigenvalue weighted by atomic mass is 10.2. The zero-order valence-electron chi connectivity index (χ0n) is 11.0. The summed E-state index contributed by atoms with van der Waals surface area (Å²) in [5, 5.41) is 5.94. The van der Waals surface area contributed by atoms with Crippen LogP contribution in [0.3, 0.4) is 0 Å². The quantitative estimate of drug-likeness (QED) is 0.763. The Balaban J connectivity index is 1.99. The maximum absolute atomic E-state index is 12.0. The van der Waals surface area contributed by atoms with Crippen molar-refractivity contribution in [3.63, 3.8) is 0 Å². The van der Waals surface area contributed by atoms with Crippen molar-refractivity contribution < 1.29 is 4.79 Å². The number of nitrogens with zero attached hydrogens (tertiary/aromatic N) is 2. The molecule has 0 aromatic carbocycles. The predicted octanol–water partition coefficient (Wildman–Crippen LogP) is 1.73. The van der Waals surface area contributed by atoms with E-state index in [1.807, 2.05) is 13.8 Å². The van der Waals surface area contributed by atoms with Crippen molar-refractivity contribution in [2.75, 3.05) is 11.9 Å². The first-order chi connectivity index (χ1) is 9.20. The average molecular weight is 259 g/mol. The fourth-order valence-electron chi connectivity index (χ4n) is 1.68. The third-order valence-electron chi connectivity index (χ3n) is 2.66. The van der Waals surface area contributed by atoms with Gasteiger partial charge in [-0.05, 0) is 26.0 Å². The summed E-state index contributed by atoms with van der Waals surface area (Å²) < 4.78 is 0. The standard InChI is InChI=1S/C13H17N5O/c1-3-14-11-5-4-10(8-17-11)13(19)18-9(2)12-15-6-7-16-12/h4-9H,3H2,1-2H3,(H,14,17)(H,15,16)(H,18,19). The van der Waals surface area contributed by atoms with E-state index in [2.05, 4.69) is 25.6 Å². The molecule has 0 aliphatic heterocycles. The van der Waals surface area contributed by atoms with E-state index in [4.69, 9.17) is 0 Å². The van der Waals surface area contributed by atoms with Crippen LogP contribution in [0.4, 0.5) is 5.82 Å². The van der Waals surface area contributed by atoms with E-state index < -0.39 is 0 Å². The van der Waals surface area contributed by atoms with Crippen molar-refractivity contribution in [1.29, 1.82) is 0 Å². The molecule has 0 saturated heterocycles. The molecule has 0 aliphatic rings. The number of rotatable bonds is 5. The summed E-state index contributed by atoms with van der Waals surface area (Å²) in [5.41, 5.74) is 0.528. The summed E-state index contributed by atoms with van der Waals surface area (Å²) in [5.74, 6) is 1.32. The highest BCUT2D eigenvalue weighted by Crippen LogP contribution is 2.09. The van der Waals surface area contributed by atoms with Crippen molar-refractivity contribution in [1.82, 2.24) is 20.3 Å². The summed E-state index contributed by atoms with van der Waals surface area (Å²) in [6.45, 7) is 4.67. The van der Waals surface area contributed by atoms with E-state index in [0.29, 0.717) is 5.56 Å². The highest BCUT2D eigenvalue weighted by molar-refractivity contribution is 5.94. The van der Waals surface area contributed by atoms with Crippen molar-refractivity contribution in [2.45, 2.75) is 19.9 Å². The summed E-state index contributed by atoms with van der Waals surface area (Å²) in [7, 11) is 0. The lowest BCUT2D eigenvalue weighted by Gasteiger charge is -2.11. The van der Waals surface area contributed by atoms with Crippen LogP contribution in [0.15, 0.2) is 30.7 Å². The summed E-state index contributed by atoms with van der Waals surface area (Å²) in [6, 6.07) is 3.36. The molecule has 19 heavy (non-hydrogen) atoms. The van der Waals surface area contributed by atoms with Crippen LogP contribution in [0.25, 0.3) is 0 Å². The van der Waals surface area contributed by atoms with Gasteiger partial charge in [0.05, 0.1) is 11.6 Å². The van der Waals surface area contributed by atoms with Crippen LogP contribution in [-0.4, -0.2) is 27.4 Å². The molecular formula is C13H17N5O. The summed E-state index contributed by atoms with van der Waals surface area (Å²) in [4.78, 5) is 23.2. The average Bonchev–Trinajstić information content (AvgIpc) is 2.94. The first-order valence-electron chi connectivity index (χ1n) is 6.20. The van der Waals surface area contributed by atoms with Gasteiger partial charge in [-0.15, -0.1) is 0 Å². The maximum Gasteiger partial charge on any atom is 0.253 e. The van der Waals surface area contributed by atoms with Gasteiger partial charge in [0.2, 0.25) is 0 Å². The Hall–Kier alpha value is -2.37. The van der Waals surface area contributed by atoms with Gasteiger partial charge in [0.15, 0.2) is 0 Å². The van der Waals surface area contributed by atoms with Gasteiger partial charge < -0.3 is 15.6 Å². The Bertz CT molecular complexity index is 520. The highest BCUT2D eigenvalue weighted by atomic mass is 16.1. The van der Waals surface area contributed by atoms with Crippen molar-refractivity contribution in [3.05, 3.63) is 42.1 Å². The molecule has 3 N–H and O–H groups in total. The number of aromatic amines is 1. The molecule has 6 nitrogen and oxygen atoms in total. The van der Waals surface area contributed by atoms with Crippen molar-refractivity contribution >= 4 is 11.7 Å². The number of pyridine rings is 1. The molecule has 6 heteroatoms. The van der Waals surface area contributed by atoms with E-state index in [9.17, 15) is 4.79 Å². The molecular weight excluding hydrogens is 242 g/mol. The number of nitrogens with one attached hydrogen (secondary N) is 3. The first kappa shape index (κ1) is 13.1. The Morgan fingerprint density at radius 1 is 1.42 bits per heavy atom. The van der Waals surface area contributed by atoms with Crippen LogP contribution < -0.4 is 10.6 Å². The molecule has 0 radical (unpaired) electrons. The van der Waals surface area contributed by atoms with Gasteiger partial charge in [-0.2, -0.15) is 0 Å². The zero-order valence-corrected chi connectivity index (χ0v) is 11.0. The third kappa shape index (κ3) is 3.31. The molecule has 100 valence electrons. The molecule has 1 amide bonds. The van der Waals surface area contributed by atoms with Crippen LogP contribution in [0.2, 0.25) is 0 Å². The van der Waals surface area contributed by atoms with E-state index >= 15 is 0 Å². The molecule has 1 atom stereocenters. The minimum absolute atomic E-state index is 0.167. The monoisotopic (exact) mass is 259 g/mol. The first-order valence-corrected chi connectivity index (χ1v) is 6.20. The predicted molar refractivity (Wildman–Crippen MR) is 72.9 cm³/mol. The number of hydrogen-bond donors (Lipinski definition) is 3. The van der Waals surface area contributed by atoms with E-state index in [1.54, 1.807) is 30.7 Å². The maximum atomic E-state index is 12.0. The number of anilines is 1. The molecule has 2 rings (SSSR count). The molecule has 2 aromatic rings. The second-order valence-corrected chi connectivity index (χ2v) is 4.13. The smallest absolute Gasteiger partial charge is 0.253 e. The van der Waals surface area contributed by atoms with Gasteiger partial charge in [0.25, 0.3) is 5.91 Å². The lowest BCUT2D eigenvalue weighted by Crippen LogP contribution is -2.27. The number of imidazole rings is 1. The lowest BCUT2D eigenvalue weighted by molar-refractivity contribution is 0.0938. The van der Waals surface area contributed by atoms with Crippen LogP contribution in [0, 0.1) is 0 Å². The number of amides is 1. The minimum atomic E-state index is -0.170. The SMILES string of the molecule is CCNc1ccc(C(=O)NC(C)c2ncc[nH]2)cn1. The summed E-state index contributed by atoms with van der Waals surface area (Å²) >= 11 is 0. The fourth-order valence-corrected chi connectivity index (χ4v) is 1.68. The van der Waals surface area contributed by atoms with Crippen LogP contribution in [0.1, 0.15) is 36.1 Å². The molecule has 0 spiro atoms. The second kappa shape index (κ2) is 5.99. The third-order valence-corrected chi connectivity index (χ3v) is 2.66. The normalized spacial score (nSPS) is 11.9. The largest absolute Gasteiger partial charge is 0.370 e. The number of hydrogen-bond acceptors (Lipinski definition) is 4. The molecule has 0 aliphatic carbocycles. The number of H-pyrrole nitrogens is 1. The van der Waals surface area contributed by atoms with Crippen molar-refractivity contribution in [3.8, 4) is 0 Å². The minimum Gasteiger partial charge on any atom is -0.370 e. The molecule has 0 saturated carbocycles. The number of carbonyl (C=O) groups is 1. The Kier molecular flexibility index (Phi) is 4.12. The second-order valence-electron chi connectivity index (χ2n) is 4.13. The van der Waals surface area contributed by atoms with Gasteiger partial charge in [0, 0.05) is 25.1 Å². The molecule has 2 aromatic heterocycles. The topological polar surface area (TPSA) is 82.7 Å². The Morgan fingerprint density at radius 2 is 2.26 bits per heavy atom. The molecule has 0 bridgehead atoms. The number of carbonyl (C=O) groups excluding carboxylic acids is 1. The van der Waals surface area contributed by atoms with Gasteiger partial charge in [-0.1, -0.05) is 0 Å². The van der Waals surface area contributed by atoms with Crippen LogP contribution in [0.5, 0.6) is 0 Å². The molecule has 0 fully saturated rings. The van der Waals surface area contributed by atoms with Gasteiger partial charge in [0.1, 0.15) is 11.6 Å². The number of aromatic nitrogens is 3. The summed E-state index contributed by atoms with van der Waals surface area (Å²) in [6.07, 6.45) is 4.94. The zero-order chi connectivity index (χ0) is 13.7.